The molecule has 1 aliphatic rings. The van der Waals surface area contributed by atoms with Crippen LogP contribution in [0.3, 0.4) is 0 Å². The summed E-state index contributed by atoms with van der Waals surface area (Å²) in [6, 6.07) is 7.83. The van der Waals surface area contributed by atoms with E-state index in [1.807, 2.05) is 37.3 Å². The Kier molecular flexibility index (Phi) is 3.83. The highest BCUT2D eigenvalue weighted by atomic mass is 16.5. The molecule has 23 heavy (non-hydrogen) atoms. The Morgan fingerprint density at radius 3 is 2.61 bits per heavy atom. The van der Waals surface area contributed by atoms with Crippen molar-refractivity contribution in [1.29, 1.82) is 0 Å². The topological polar surface area (TPSA) is 29.5 Å². The predicted octanol–water partition coefficient (Wildman–Crippen LogP) is 5.53. The van der Waals surface area contributed by atoms with Crippen molar-refractivity contribution >= 4 is 10.8 Å². The Morgan fingerprint density at radius 2 is 1.91 bits per heavy atom. The summed E-state index contributed by atoms with van der Waals surface area (Å²) in [4.78, 5) is 0. The second-order valence-corrected chi connectivity index (χ2v) is 5.78. The van der Waals surface area contributed by atoms with Crippen molar-refractivity contribution in [1.82, 2.24) is 0 Å². The lowest BCUT2D eigenvalue weighted by Gasteiger charge is -2.26. The minimum absolute atomic E-state index is 0.133. The summed E-state index contributed by atoms with van der Waals surface area (Å²) in [6.45, 7) is 11.7. The summed E-state index contributed by atoms with van der Waals surface area (Å²) >= 11 is 0. The normalized spacial score (nSPS) is 17.2. The van der Waals surface area contributed by atoms with Crippen LogP contribution in [-0.2, 0) is 0 Å². The van der Waals surface area contributed by atoms with Crippen molar-refractivity contribution in [2.75, 3.05) is 0 Å². The minimum atomic E-state index is 0.133. The molecule has 116 valence electrons. The van der Waals surface area contributed by atoms with Gasteiger partial charge in [-0.15, -0.1) is 0 Å². The van der Waals surface area contributed by atoms with Gasteiger partial charge in [-0.05, 0) is 35.6 Å². The van der Waals surface area contributed by atoms with Crippen molar-refractivity contribution in [2.45, 2.75) is 19.8 Å². The first kappa shape index (κ1) is 15.2. The predicted molar refractivity (Wildman–Crippen MR) is 96.0 cm³/mol. The number of phenolic OH excluding ortho intramolecular Hbond substituents is 1. The van der Waals surface area contributed by atoms with Gasteiger partial charge in [0, 0.05) is 22.4 Å². The van der Waals surface area contributed by atoms with Crippen LogP contribution >= 0.6 is 0 Å². The first-order valence-electron chi connectivity index (χ1n) is 7.66. The highest BCUT2D eigenvalue weighted by Crippen LogP contribution is 2.45. The number of benzene rings is 2. The molecule has 2 aromatic carbocycles. The van der Waals surface area contributed by atoms with Crippen molar-refractivity contribution in [3.63, 3.8) is 0 Å². The van der Waals surface area contributed by atoms with Gasteiger partial charge in [-0.3, -0.25) is 0 Å². The summed E-state index contributed by atoms with van der Waals surface area (Å²) in [5.41, 5.74) is 4.01. The molecular weight excluding hydrogens is 284 g/mol. The molecule has 2 heteroatoms. The highest BCUT2D eigenvalue weighted by molar-refractivity contribution is 5.94. The van der Waals surface area contributed by atoms with Crippen LogP contribution in [0.2, 0.25) is 0 Å². The number of rotatable bonds is 3. The van der Waals surface area contributed by atoms with Gasteiger partial charge in [0.15, 0.2) is 0 Å². The molecule has 1 atom stereocenters. The van der Waals surface area contributed by atoms with Crippen LogP contribution in [0, 0.1) is 6.92 Å². The molecule has 0 aromatic heterocycles. The van der Waals surface area contributed by atoms with E-state index in [2.05, 4.69) is 26.1 Å². The first-order valence-corrected chi connectivity index (χ1v) is 7.66. The quantitative estimate of drug-likeness (QED) is 0.755. The third-order valence-electron chi connectivity index (χ3n) is 4.44. The average molecular weight is 304 g/mol. The molecule has 0 amide bonds. The number of aromatic hydroxyl groups is 1. The molecule has 1 aliphatic heterocycles. The molecule has 0 saturated heterocycles. The summed E-state index contributed by atoms with van der Waals surface area (Å²) < 4.78 is 5.85. The summed E-state index contributed by atoms with van der Waals surface area (Å²) in [6.07, 6.45) is 7.27. The van der Waals surface area contributed by atoms with Crippen molar-refractivity contribution in [3.05, 3.63) is 84.2 Å². The first-order chi connectivity index (χ1) is 11.1. The van der Waals surface area contributed by atoms with Gasteiger partial charge in [0.1, 0.15) is 11.5 Å². The van der Waals surface area contributed by atoms with E-state index in [0.717, 1.165) is 38.8 Å². The summed E-state index contributed by atoms with van der Waals surface area (Å²) in [5, 5.41) is 12.2. The van der Waals surface area contributed by atoms with Gasteiger partial charge in [-0.2, -0.15) is 0 Å². The molecule has 0 spiro atoms. The van der Waals surface area contributed by atoms with Crippen molar-refractivity contribution < 1.29 is 9.84 Å². The average Bonchev–Trinajstić information content (AvgIpc) is 2.56. The smallest absolute Gasteiger partial charge is 0.130 e. The van der Waals surface area contributed by atoms with Crippen LogP contribution in [0.4, 0.5) is 0 Å². The van der Waals surface area contributed by atoms with Crippen LogP contribution in [0.5, 0.6) is 11.5 Å². The second kappa shape index (κ2) is 5.81. The standard InChI is InChI=1S/C21H20O2/c1-5-7-15(6-2)18-12-23-19-11-10-17-16(20(19)14(18)4)9-8-13(3)21(17)22/h5-12,14,22H,1-2H2,3-4H3/b15-7+. The molecule has 1 N–H and O–H groups in total. The van der Waals surface area contributed by atoms with Crippen LogP contribution in [-0.4, -0.2) is 5.11 Å². The Labute approximate surface area is 136 Å². The van der Waals surface area contributed by atoms with E-state index in [1.165, 1.54) is 0 Å². The maximum absolute atomic E-state index is 10.4. The van der Waals surface area contributed by atoms with Gasteiger partial charge in [-0.1, -0.05) is 50.4 Å². The number of phenols is 1. The molecule has 0 saturated carbocycles. The Bertz CT molecular complexity index is 869. The van der Waals surface area contributed by atoms with E-state index in [-0.39, 0.29) is 5.92 Å². The molecule has 3 rings (SSSR count). The Balaban J connectivity index is 2.23. The zero-order chi connectivity index (χ0) is 16.6. The number of fused-ring (bicyclic) bond motifs is 3. The second-order valence-electron chi connectivity index (χ2n) is 5.78. The zero-order valence-electron chi connectivity index (χ0n) is 13.5. The molecule has 1 unspecified atom stereocenters. The van der Waals surface area contributed by atoms with E-state index in [4.69, 9.17) is 4.74 Å². The van der Waals surface area contributed by atoms with Crippen LogP contribution in [0.1, 0.15) is 24.0 Å². The maximum Gasteiger partial charge on any atom is 0.130 e. The largest absolute Gasteiger partial charge is 0.507 e. The van der Waals surface area contributed by atoms with Gasteiger partial charge in [0.05, 0.1) is 6.26 Å². The van der Waals surface area contributed by atoms with Gasteiger partial charge in [0.2, 0.25) is 0 Å². The van der Waals surface area contributed by atoms with E-state index in [1.54, 1.807) is 12.3 Å². The van der Waals surface area contributed by atoms with Gasteiger partial charge in [0.25, 0.3) is 0 Å². The van der Waals surface area contributed by atoms with E-state index in [9.17, 15) is 5.11 Å². The number of ether oxygens (including phenoxy) is 1. The lowest BCUT2D eigenvalue weighted by molar-refractivity contribution is 0.450. The third-order valence-corrected chi connectivity index (χ3v) is 4.44. The Hall–Kier alpha value is -2.74. The fourth-order valence-electron chi connectivity index (χ4n) is 3.16. The molecule has 0 radical (unpaired) electrons. The van der Waals surface area contributed by atoms with Crippen molar-refractivity contribution in [2.24, 2.45) is 0 Å². The fraction of sp³-hybridized carbons (Fsp3) is 0.143. The number of allylic oxidation sites excluding steroid dienone is 5. The van der Waals surface area contributed by atoms with Gasteiger partial charge in [-0.25, -0.2) is 0 Å². The van der Waals surface area contributed by atoms with E-state index < -0.39 is 0 Å². The molecule has 0 fully saturated rings. The molecule has 1 heterocycles. The van der Waals surface area contributed by atoms with Crippen LogP contribution < -0.4 is 4.74 Å². The minimum Gasteiger partial charge on any atom is -0.507 e. The van der Waals surface area contributed by atoms with E-state index >= 15 is 0 Å². The maximum atomic E-state index is 10.4. The molecule has 2 aromatic rings. The zero-order valence-corrected chi connectivity index (χ0v) is 13.5. The summed E-state index contributed by atoms with van der Waals surface area (Å²) in [5.74, 6) is 1.30. The molecule has 0 aliphatic carbocycles. The Morgan fingerprint density at radius 1 is 1.17 bits per heavy atom. The van der Waals surface area contributed by atoms with Gasteiger partial charge < -0.3 is 9.84 Å². The monoisotopic (exact) mass is 304 g/mol. The SMILES string of the molecule is C=C/C=C(\C=C)C1=COc2ccc3c(O)c(C)ccc3c2C1C. The lowest BCUT2D eigenvalue weighted by Crippen LogP contribution is -2.10. The molecular formula is C21H20O2. The molecule has 2 nitrogen and oxygen atoms in total. The van der Waals surface area contributed by atoms with Crippen LogP contribution in [0.15, 0.2) is 73.1 Å². The number of aryl methyl sites for hydroxylation is 1. The highest BCUT2D eigenvalue weighted by Gasteiger charge is 2.25. The van der Waals surface area contributed by atoms with E-state index in [0.29, 0.717) is 5.75 Å². The summed E-state index contributed by atoms with van der Waals surface area (Å²) in [7, 11) is 0. The van der Waals surface area contributed by atoms with Crippen LogP contribution in [0.25, 0.3) is 10.8 Å². The van der Waals surface area contributed by atoms with Crippen molar-refractivity contribution in [3.8, 4) is 11.5 Å². The van der Waals surface area contributed by atoms with Gasteiger partial charge >= 0.3 is 0 Å². The lowest BCUT2D eigenvalue weighted by atomic mass is 9.83. The third kappa shape index (κ3) is 2.36. The number of hydrogen-bond acceptors (Lipinski definition) is 2. The fourth-order valence-corrected chi connectivity index (χ4v) is 3.16. The number of hydrogen-bond donors (Lipinski definition) is 1. The molecule has 0 bridgehead atoms.